The number of rotatable bonds is 4. The molecule has 0 amide bonds. The molecule has 6 rings (SSSR count). The quantitative estimate of drug-likeness (QED) is 0.361. The van der Waals surface area contributed by atoms with Crippen LogP contribution in [0.4, 0.5) is 11.4 Å². The second-order valence-corrected chi connectivity index (χ2v) is 8.97. The molecule has 0 N–H and O–H groups in total. The van der Waals surface area contributed by atoms with Gasteiger partial charge in [0.05, 0.1) is 0 Å². The Labute approximate surface area is 195 Å². The summed E-state index contributed by atoms with van der Waals surface area (Å²) in [5, 5.41) is 0. The summed E-state index contributed by atoms with van der Waals surface area (Å²) in [6, 6.07) is 34.5. The monoisotopic (exact) mass is 432 g/mol. The molecule has 164 valence electrons. The van der Waals surface area contributed by atoms with Crippen molar-refractivity contribution in [3.05, 3.63) is 119 Å². The molecule has 0 bridgehead atoms. The SMILES string of the molecule is c1ccc2c(c1)CCN(c1ccc(Oc3ccc(N4CCc5ccccc5C4)cc3)cc1)C2. The first-order chi connectivity index (χ1) is 16.3. The summed E-state index contributed by atoms with van der Waals surface area (Å²) in [5.41, 5.74) is 8.31. The van der Waals surface area contributed by atoms with E-state index in [1.807, 2.05) is 0 Å². The Morgan fingerprint density at radius 2 is 0.848 bits per heavy atom. The van der Waals surface area contributed by atoms with Crippen LogP contribution < -0.4 is 14.5 Å². The zero-order chi connectivity index (χ0) is 22.0. The molecule has 0 aromatic heterocycles. The Morgan fingerprint density at radius 3 is 1.27 bits per heavy atom. The van der Waals surface area contributed by atoms with Crippen molar-refractivity contribution in [2.45, 2.75) is 25.9 Å². The lowest BCUT2D eigenvalue weighted by atomic mass is 9.99. The molecule has 3 heteroatoms. The van der Waals surface area contributed by atoms with Gasteiger partial charge in [0.1, 0.15) is 11.5 Å². The summed E-state index contributed by atoms with van der Waals surface area (Å²) >= 11 is 0. The van der Waals surface area contributed by atoms with Crippen molar-refractivity contribution < 1.29 is 4.74 Å². The third-order valence-electron chi connectivity index (χ3n) is 6.90. The van der Waals surface area contributed by atoms with Crippen LogP contribution in [0.5, 0.6) is 11.5 Å². The highest BCUT2D eigenvalue weighted by Crippen LogP contribution is 2.30. The number of ether oxygens (including phenoxy) is 1. The Kier molecular flexibility index (Phi) is 5.23. The molecular weight excluding hydrogens is 404 g/mol. The first kappa shape index (κ1) is 19.9. The summed E-state index contributed by atoms with van der Waals surface area (Å²) in [6.45, 7) is 4.05. The molecule has 3 nitrogen and oxygen atoms in total. The first-order valence-corrected chi connectivity index (χ1v) is 11.8. The van der Waals surface area contributed by atoms with Crippen molar-refractivity contribution in [2.24, 2.45) is 0 Å². The fourth-order valence-electron chi connectivity index (χ4n) is 5.02. The predicted octanol–water partition coefficient (Wildman–Crippen LogP) is 6.60. The Hall–Kier alpha value is -3.72. The maximum atomic E-state index is 6.14. The highest BCUT2D eigenvalue weighted by Gasteiger charge is 2.17. The largest absolute Gasteiger partial charge is 0.457 e. The second-order valence-electron chi connectivity index (χ2n) is 8.97. The van der Waals surface area contributed by atoms with Gasteiger partial charge in [-0.15, -0.1) is 0 Å². The third kappa shape index (κ3) is 4.19. The van der Waals surface area contributed by atoms with Gasteiger partial charge in [0.15, 0.2) is 0 Å². The lowest BCUT2D eigenvalue weighted by molar-refractivity contribution is 0.482. The normalized spacial score (nSPS) is 15.0. The number of benzene rings is 4. The molecule has 0 aliphatic carbocycles. The van der Waals surface area contributed by atoms with Crippen molar-refractivity contribution >= 4 is 11.4 Å². The van der Waals surface area contributed by atoms with Crippen LogP contribution in [-0.2, 0) is 25.9 Å². The van der Waals surface area contributed by atoms with Gasteiger partial charge in [0.25, 0.3) is 0 Å². The molecule has 0 saturated carbocycles. The Balaban J connectivity index is 1.10. The number of fused-ring (bicyclic) bond motifs is 2. The summed E-state index contributed by atoms with van der Waals surface area (Å²) in [5.74, 6) is 1.74. The van der Waals surface area contributed by atoms with E-state index in [1.165, 1.54) is 33.6 Å². The second kappa shape index (κ2) is 8.67. The van der Waals surface area contributed by atoms with Crippen molar-refractivity contribution in [3.8, 4) is 11.5 Å². The van der Waals surface area contributed by atoms with Gasteiger partial charge in [-0.1, -0.05) is 48.5 Å². The van der Waals surface area contributed by atoms with E-state index in [9.17, 15) is 0 Å². The average Bonchev–Trinajstić information content (AvgIpc) is 2.89. The van der Waals surface area contributed by atoms with Crippen molar-refractivity contribution in [1.82, 2.24) is 0 Å². The minimum absolute atomic E-state index is 0.871. The van der Waals surface area contributed by atoms with E-state index in [-0.39, 0.29) is 0 Å². The number of hydrogen-bond acceptors (Lipinski definition) is 3. The molecule has 0 radical (unpaired) electrons. The molecule has 4 aromatic rings. The number of anilines is 2. The van der Waals surface area contributed by atoms with E-state index >= 15 is 0 Å². The first-order valence-electron chi connectivity index (χ1n) is 11.8. The molecule has 2 aliphatic rings. The lowest BCUT2D eigenvalue weighted by Gasteiger charge is -2.31. The van der Waals surface area contributed by atoms with Gasteiger partial charge < -0.3 is 14.5 Å². The van der Waals surface area contributed by atoms with Crippen LogP contribution in [0.15, 0.2) is 97.1 Å². The molecule has 0 fully saturated rings. The summed E-state index contributed by atoms with van der Waals surface area (Å²) in [6.07, 6.45) is 2.20. The van der Waals surface area contributed by atoms with E-state index in [2.05, 4.69) is 107 Å². The molecule has 0 saturated heterocycles. The predicted molar refractivity (Wildman–Crippen MR) is 135 cm³/mol. The Morgan fingerprint density at radius 1 is 0.455 bits per heavy atom. The van der Waals surface area contributed by atoms with E-state index in [4.69, 9.17) is 4.74 Å². The van der Waals surface area contributed by atoms with E-state index in [1.54, 1.807) is 0 Å². The summed E-state index contributed by atoms with van der Waals surface area (Å²) in [7, 11) is 0. The van der Waals surface area contributed by atoms with Gasteiger partial charge in [-0.3, -0.25) is 0 Å². The zero-order valence-corrected chi connectivity index (χ0v) is 18.8. The van der Waals surface area contributed by atoms with Gasteiger partial charge in [-0.2, -0.15) is 0 Å². The van der Waals surface area contributed by atoms with Gasteiger partial charge in [0, 0.05) is 37.6 Å². The topological polar surface area (TPSA) is 15.7 Å². The van der Waals surface area contributed by atoms with Crippen molar-refractivity contribution in [3.63, 3.8) is 0 Å². The van der Waals surface area contributed by atoms with Crippen molar-refractivity contribution in [2.75, 3.05) is 22.9 Å². The maximum absolute atomic E-state index is 6.14. The molecular formula is C30H28N2O. The third-order valence-corrected chi connectivity index (χ3v) is 6.90. The fraction of sp³-hybridized carbons (Fsp3) is 0.200. The fourth-order valence-corrected chi connectivity index (χ4v) is 5.02. The van der Waals surface area contributed by atoms with E-state index < -0.39 is 0 Å². The standard InChI is InChI=1S/C30H28N2O/c1-3-7-25-21-31(19-17-23(25)5-1)27-9-13-29(14-10-27)33-30-15-11-28(12-16-30)32-20-18-24-6-2-4-8-26(24)22-32/h1-16H,17-22H2. The highest BCUT2D eigenvalue weighted by atomic mass is 16.5. The van der Waals surface area contributed by atoms with Crippen LogP contribution in [0.2, 0.25) is 0 Å². The van der Waals surface area contributed by atoms with Gasteiger partial charge in [-0.05, 0) is 83.6 Å². The van der Waals surface area contributed by atoms with Crippen LogP contribution in [0, 0.1) is 0 Å². The highest BCUT2D eigenvalue weighted by molar-refractivity contribution is 5.54. The molecule has 0 spiro atoms. The minimum atomic E-state index is 0.871. The minimum Gasteiger partial charge on any atom is -0.457 e. The lowest BCUT2D eigenvalue weighted by Crippen LogP contribution is -2.30. The summed E-state index contributed by atoms with van der Waals surface area (Å²) < 4.78 is 6.14. The molecule has 33 heavy (non-hydrogen) atoms. The molecule has 4 aromatic carbocycles. The molecule has 0 unspecified atom stereocenters. The van der Waals surface area contributed by atoms with E-state index in [0.717, 1.165) is 50.5 Å². The molecule has 2 aliphatic heterocycles. The van der Waals surface area contributed by atoms with Gasteiger partial charge in [0.2, 0.25) is 0 Å². The summed E-state index contributed by atoms with van der Waals surface area (Å²) in [4.78, 5) is 4.88. The zero-order valence-electron chi connectivity index (χ0n) is 18.8. The van der Waals surface area contributed by atoms with Crippen LogP contribution in [0.3, 0.4) is 0 Å². The van der Waals surface area contributed by atoms with E-state index in [0.29, 0.717) is 0 Å². The van der Waals surface area contributed by atoms with Crippen LogP contribution in [-0.4, -0.2) is 13.1 Å². The molecule has 0 atom stereocenters. The smallest absolute Gasteiger partial charge is 0.127 e. The van der Waals surface area contributed by atoms with Gasteiger partial charge >= 0.3 is 0 Å². The number of hydrogen-bond donors (Lipinski definition) is 0. The van der Waals surface area contributed by atoms with Crippen LogP contribution in [0.25, 0.3) is 0 Å². The van der Waals surface area contributed by atoms with Crippen LogP contribution in [0.1, 0.15) is 22.3 Å². The average molecular weight is 433 g/mol. The van der Waals surface area contributed by atoms with Gasteiger partial charge in [-0.25, -0.2) is 0 Å². The number of nitrogens with zero attached hydrogens (tertiary/aromatic N) is 2. The maximum Gasteiger partial charge on any atom is 0.127 e. The van der Waals surface area contributed by atoms with Crippen molar-refractivity contribution in [1.29, 1.82) is 0 Å². The molecule has 2 heterocycles. The van der Waals surface area contributed by atoms with Crippen LogP contribution >= 0.6 is 0 Å². The Bertz CT molecular complexity index is 1150.